The summed E-state index contributed by atoms with van der Waals surface area (Å²) in [6, 6.07) is 47.0. The number of benzene rings is 4. The summed E-state index contributed by atoms with van der Waals surface area (Å²) in [6.07, 6.45) is 1.66. The molecule has 5 aromatic rings. The molecular weight excluding hydrogens is 523 g/mol. The van der Waals surface area contributed by atoms with E-state index in [2.05, 4.69) is 121 Å². The summed E-state index contributed by atoms with van der Waals surface area (Å²) in [5.74, 6) is 0.712. The number of nitrogens with zero attached hydrogens (tertiary/aromatic N) is 2. The summed E-state index contributed by atoms with van der Waals surface area (Å²) in [6.45, 7) is 2.25. The van der Waals surface area contributed by atoms with Gasteiger partial charge in [-0.25, -0.2) is 4.79 Å². The van der Waals surface area contributed by atoms with Gasteiger partial charge in [0.05, 0.1) is 20.3 Å². The number of hydrogen-bond acceptors (Lipinski definition) is 4. The van der Waals surface area contributed by atoms with Crippen molar-refractivity contribution in [3.8, 4) is 5.75 Å². The van der Waals surface area contributed by atoms with E-state index in [1.165, 1.54) is 26.6 Å². The normalized spacial score (nSPS) is 12.9. The van der Waals surface area contributed by atoms with Crippen molar-refractivity contribution in [2.24, 2.45) is 0 Å². The Hall–Kier alpha value is -4.88. The van der Waals surface area contributed by atoms with Gasteiger partial charge < -0.3 is 9.47 Å². The Morgan fingerprint density at radius 3 is 1.38 bits per heavy atom. The van der Waals surface area contributed by atoms with Crippen LogP contribution in [0.15, 0.2) is 146 Å². The molecule has 0 saturated carbocycles. The molecule has 1 aliphatic rings. The van der Waals surface area contributed by atoms with Crippen LogP contribution in [0, 0.1) is 0 Å². The minimum absolute atomic E-state index is 0.372. The van der Waals surface area contributed by atoms with Crippen molar-refractivity contribution >= 4 is 34.1 Å². The molecule has 42 heavy (non-hydrogen) atoms. The Morgan fingerprint density at radius 2 is 1.02 bits per heavy atom. The monoisotopic (exact) mass is 558 g/mol. The fourth-order valence-electron chi connectivity index (χ4n) is 5.61. The van der Waals surface area contributed by atoms with Crippen LogP contribution in [0.1, 0.15) is 0 Å². The van der Waals surface area contributed by atoms with Gasteiger partial charge in [0.25, 0.3) is 0 Å². The predicted octanol–water partition coefficient (Wildman–Crippen LogP) is 2.93. The topological polar surface area (TPSA) is 51.9 Å². The van der Waals surface area contributed by atoms with Crippen molar-refractivity contribution in [2.75, 3.05) is 33.4 Å². The average molecular weight is 558 g/mol. The second kappa shape index (κ2) is 14.1. The number of morpholine rings is 1. The number of ether oxygens (including phenoxy) is 2. The van der Waals surface area contributed by atoms with E-state index in [9.17, 15) is 4.79 Å². The van der Waals surface area contributed by atoms with E-state index in [1.54, 1.807) is 36.5 Å². The molecule has 0 atom stereocenters. The molecule has 1 aromatic heterocycles. The summed E-state index contributed by atoms with van der Waals surface area (Å²) >= 11 is 0. The maximum absolute atomic E-state index is 11.7. The van der Waals surface area contributed by atoms with Crippen molar-refractivity contribution in [3.63, 3.8) is 0 Å². The van der Waals surface area contributed by atoms with Crippen molar-refractivity contribution in [1.29, 1.82) is 0 Å². The van der Waals surface area contributed by atoms with E-state index < -0.39 is 6.15 Å². The maximum atomic E-state index is 11.7. The molecule has 0 unspecified atom stereocenters. The Kier molecular flexibility index (Phi) is 9.65. The summed E-state index contributed by atoms with van der Waals surface area (Å²) in [5, 5.41) is 0. The van der Waals surface area contributed by atoms with Gasteiger partial charge in [0, 0.05) is 30.0 Å². The lowest BCUT2D eigenvalue weighted by molar-refractivity contribution is -0.869. The first-order valence-corrected chi connectivity index (χ1v) is 14.2. The number of carbonyl (C=O) groups is 1. The second-order valence-electron chi connectivity index (χ2n) is 10.1. The van der Waals surface area contributed by atoms with E-state index in [1.807, 2.05) is 0 Å². The minimum Gasteiger partial charge on any atom is -0.496 e. The van der Waals surface area contributed by atoms with Crippen molar-refractivity contribution < 1.29 is 23.8 Å². The van der Waals surface area contributed by atoms with E-state index in [-0.39, 0.29) is 6.09 Å². The lowest BCUT2D eigenvalue weighted by Crippen LogP contribution is -2.74. The zero-order chi connectivity index (χ0) is 29.0. The summed E-state index contributed by atoms with van der Waals surface area (Å²) in [4.78, 5) is 18.5. The van der Waals surface area contributed by atoms with Crippen LogP contribution >= 0.6 is 0 Å². The fraction of sp³-hybridized carbons (Fsp3) is 0.143. The predicted molar refractivity (Wildman–Crippen MR) is 168 cm³/mol. The number of hydrogen-bond donors (Lipinski definition) is 0. The quantitative estimate of drug-likeness (QED) is 0.238. The lowest BCUT2D eigenvalue weighted by Gasteiger charge is -2.44. The first kappa shape index (κ1) is 28.6. The van der Waals surface area contributed by atoms with Crippen molar-refractivity contribution in [3.05, 3.63) is 146 Å². The van der Waals surface area contributed by atoms with Crippen LogP contribution in [-0.2, 0) is 4.74 Å². The average Bonchev–Trinajstić information content (AvgIpc) is 3.08. The lowest BCUT2D eigenvalue weighted by atomic mass is 9.13. The molecule has 0 radical (unpaired) electrons. The fourth-order valence-corrected chi connectivity index (χ4v) is 5.61. The van der Waals surface area contributed by atoms with Gasteiger partial charge in [-0.3, -0.25) is 4.90 Å². The smallest absolute Gasteiger partial charge is 0.478 e. The Labute approximate surface area is 247 Å². The summed E-state index contributed by atoms with van der Waals surface area (Å²) in [7, 11) is 1.58. The minimum atomic E-state index is -1.22. The van der Waals surface area contributed by atoms with Gasteiger partial charge in [0.15, 0.2) is 0 Å². The van der Waals surface area contributed by atoms with Gasteiger partial charge in [-0.1, -0.05) is 121 Å². The maximum Gasteiger partial charge on any atom is 0.478 e. The highest BCUT2D eigenvalue weighted by molar-refractivity contribution is 7.19. The zero-order valence-electron chi connectivity index (χ0n) is 23.8. The van der Waals surface area contributed by atoms with Gasteiger partial charge in [-0.05, 0) is 0 Å². The van der Waals surface area contributed by atoms with Crippen LogP contribution in [0.3, 0.4) is 0 Å². The summed E-state index contributed by atoms with van der Waals surface area (Å²) < 4.78 is 11.5. The van der Waals surface area contributed by atoms with Gasteiger partial charge in [-0.15, -0.1) is 0 Å². The number of rotatable bonds is 6. The van der Waals surface area contributed by atoms with Gasteiger partial charge in [0.2, 0.25) is 12.4 Å². The Bertz CT molecular complexity index is 1350. The molecular formula is C35H35BN2O4. The van der Waals surface area contributed by atoms with Crippen molar-refractivity contribution in [1.82, 2.24) is 4.90 Å². The molecule has 0 bridgehead atoms. The Morgan fingerprint density at radius 1 is 0.643 bits per heavy atom. The van der Waals surface area contributed by atoms with Crippen LogP contribution < -0.4 is 36.2 Å². The van der Waals surface area contributed by atoms with Crippen LogP contribution in [-0.4, -0.2) is 50.6 Å². The molecule has 0 aliphatic carbocycles. The first-order valence-electron chi connectivity index (χ1n) is 14.2. The van der Waals surface area contributed by atoms with Gasteiger partial charge >= 0.3 is 6.09 Å². The number of aromatic nitrogens is 1. The molecule has 1 aliphatic heterocycles. The van der Waals surface area contributed by atoms with Crippen LogP contribution in [0.25, 0.3) is 0 Å². The second-order valence-corrected chi connectivity index (χ2v) is 10.1. The Balaban J connectivity index is 0.000000181. The van der Waals surface area contributed by atoms with E-state index in [0.717, 1.165) is 0 Å². The van der Waals surface area contributed by atoms with Gasteiger partial charge in [-0.2, -0.15) is 26.7 Å². The molecule has 4 aromatic carbocycles. The van der Waals surface area contributed by atoms with Crippen LogP contribution in [0.4, 0.5) is 4.79 Å². The number of methoxy groups -OCH3 is 1. The third-order valence-electron chi connectivity index (χ3n) is 7.66. The van der Waals surface area contributed by atoms with Gasteiger partial charge in [0.1, 0.15) is 11.9 Å². The number of amides is 1. The molecule has 6 rings (SSSR count). The standard InChI is InChI=1S/C24H20B.C11H15N2O4/c1-5-13-21(14-6-1)25(22-15-7-2-8-16-22,23-17-9-3-10-18-23)24-19-11-4-12-20-24;1-15-10-2-4-13(5-3-10)17-11(14)12-6-8-16-9-7-12/h1-20H;2-5H,6-9H2,1H3/q-1;+1. The van der Waals surface area contributed by atoms with E-state index in [0.29, 0.717) is 32.1 Å². The molecule has 7 heteroatoms. The highest BCUT2D eigenvalue weighted by Crippen LogP contribution is 2.09. The molecule has 2 heterocycles. The largest absolute Gasteiger partial charge is 0.496 e. The molecule has 0 N–H and O–H groups in total. The highest BCUT2D eigenvalue weighted by Gasteiger charge is 2.31. The molecule has 212 valence electrons. The zero-order valence-corrected chi connectivity index (χ0v) is 23.8. The third-order valence-corrected chi connectivity index (χ3v) is 7.66. The SMILES string of the molecule is COc1cc[n+](OC(=O)N2CCOCC2)cc1.c1ccc([B-](c2ccccc2)(c2ccccc2)c2ccccc2)cc1. The molecule has 1 saturated heterocycles. The van der Waals surface area contributed by atoms with E-state index in [4.69, 9.17) is 14.3 Å². The molecule has 1 fully saturated rings. The molecule has 0 spiro atoms. The van der Waals surface area contributed by atoms with E-state index >= 15 is 0 Å². The first-order chi connectivity index (χ1) is 20.7. The number of carbonyl (C=O) groups excluding carboxylic acids is 1. The molecule has 1 amide bonds. The van der Waals surface area contributed by atoms with Crippen LogP contribution in [0.5, 0.6) is 5.75 Å². The molecule has 6 nitrogen and oxygen atoms in total. The van der Waals surface area contributed by atoms with Crippen molar-refractivity contribution in [2.45, 2.75) is 0 Å². The number of pyridine rings is 1. The summed E-state index contributed by atoms with van der Waals surface area (Å²) in [5.41, 5.74) is 5.36. The highest BCUT2D eigenvalue weighted by atomic mass is 16.7. The third kappa shape index (κ3) is 6.53. The van der Waals surface area contributed by atoms with Crippen LogP contribution in [0.2, 0.25) is 0 Å².